The van der Waals surface area contributed by atoms with Gasteiger partial charge >= 0.3 is 0 Å². The van der Waals surface area contributed by atoms with Crippen LogP contribution in [0.2, 0.25) is 0 Å². The summed E-state index contributed by atoms with van der Waals surface area (Å²) in [4.78, 5) is 0. The molecule has 1 atom stereocenters. The first kappa shape index (κ1) is 8.48. The molecule has 0 N–H and O–H groups in total. The van der Waals surface area contributed by atoms with Crippen molar-refractivity contribution in [2.24, 2.45) is 5.92 Å². The van der Waals surface area contributed by atoms with Crippen LogP contribution in [0.25, 0.3) is 0 Å². The lowest BCUT2D eigenvalue weighted by atomic mass is 10.0. The fourth-order valence-electron chi connectivity index (χ4n) is 0.799. The smallest absolute Gasteiger partial charge is 0.00595 e. The molecule has 0 spiro atoms. The molecule has 50 valence electrons. The average Bonchev–Trinajstić information content (AvgIpc) is 1.83. The van der Waals surface area contributed by atoms with Crippen LogP contribution >= 0.6 is 15.9 Å². The maximum absolute atomic E-state index is 3.48. The van der Waals surface area contributed by atoms with Gasteiger partial charge in [-0.05, 0) is 12.3 Å². The van der Waals surface area contributed by atoms with Crippen molar-refractivity contribution in [2.75, 3.05) is 5.33 Å². The van der Waals surface area contributed by atoms with Crippen molar-refractivity contribution in [3.8, 4) is 0 Å². The second-order valence-corrected chi connectivity index (χ2v) is 2.86. The van der Waals surface area contributed by atoms with Gasteiger partial charge in [0.1, 0.15) is 0 Å². The van der Waals surface area contributed by atoms with Gasteiger partial charge in [0.15, 0.2) is 0 Å². The van der Waals surface area contributed by atoms with Gasteiger partial charge in [-0.15, -0.1) is 0 Å². The lowest BCUT2D eigenvalue weighted by Crippen LogP contribution is -1.97. The molecule has 0 heterocycles. The van der Waals surface area contributed by atoms with Crippen LogP contribution in [0.5, 0.6) is 0 Å². The minimum absolute atomic E-state index is 0.917. The summed E-state index contributed by atoms with van der Waals surface area (Å²) in [6, 6.07) is 0. The summed E-state index contributed by atoms with van der Waals surface area (Å²) in [5.74, 6) is 0.917. The van der Waals surface area contributed by atoms with E-state index >= 15 is 0 Å². The van der Waals surface area contributed by atoms with E-state index in [-0.39, 0.29) is 0 Å². The van der Waals surface area contributed by atoms with Crippen molar-refractivity contribution in [3.63, 3.8) is 0 Å². The zero-order valence-corrected chi connectivity index (χ0v) is 7.37. The van der Waals surface area contributed by atoms with Crippen LogP contribution in [0.4, 0.5) is 0 Å². The number of halogens is 1. The molecule has 0 radical (unpaired) electrons. The van der Waals surface area contributed by atoms with Crippen LogP contribution in [0, 0.1) is 5.92 Å². The molecule has 0 aliphatic rings. The van der Waals surface area contributed by atoms with Crippen molar-refractivity contribution in [3.05, 3.63) is 0 Å². The Morgan fingerprint density at radius 2 is 2.00 bits per heavy atom. The third-order valence-corrected chi connectivity index (χ3v) is 2.41. The molecule has 8 heavy (non-hydrogen) atoms. The van der Waals surface area contributed by atoms with Gasteiger partial charge in [0.2, 0.25) is 0 Å². The molecule has 0 aliphatic carbocycles. The van der Waals surface area contributed by atoms with Gasteiger partial charge in [-0.25, -0.2) is 0 Å². The number of alkyl halides is 1. The molecule has 0 saturated carbocycles. The van der Waals surface area contributed by atoms with Crippen molar-refractivity contribution in [1.82, 2.24) is 0 Å². The van der Waals surface area contributed by atoms with E-state index in [1.54, 1.807) is 0 Å². The predicted molar refractivity (Wildman–Crippen MR) is 42.5 cm³/mol. The molecule has 0 saturated heterocycles. The predicted octanol–water partition coefficient (Wildman–Crippen LogP) is 3.21. The van der Waals surface area contributed by atoms with Crippen molar-refractivity contribution in [2.45, 2.75) is 33.1 Å². The van der Waals surface area contributed by atoms with Crippen molar-refractivity contribution in [1.29, 1.82) is 0 Å². The highest BCUT2D eigenvalue weighted by Gasteiger charge is 1.99. The monoisotopic (exact) mass is 178 g/mol. The molecule has 0 rings (SSSR count). The summed E-state index contributed by atoms with van der Waals surface area (Å²) in [5.41, 5.74) is 0. The molecule has 0 nitrogen and oxygen atoms in total. The van der Waals surface area contributed by atoms with Crippen LogP contribution in [0.15, 0.2) is 0 Å². The zero-order chi connectivity index (χ0) is 6.41. The third-order valence-electron chi connectivity index (χ3n) is 1.49. The minimum Gasteiger partial charge on any atom is -0.0925 e. The van der Waals surface area contributed by atoms with E-state index in [2.05, 4.69) is 29.8 Å². The summed E-state index contributed by atoms with van der Waals surface area (Å²) in [6.07, 6.45) is 4.02. The van der Waals surface area contributed by atoms with Gasteiger partial charge in [-0.3, -0.25) is 0 Å². The van der Waals surface area contributed by atoms with Crippen LogP contribution in [-0.4, -0.2) is 5.33 Å². The van der Waals surface area contributed by atoms with Crippen molar-refractivity contribution >= 4 is 15.9 Å². The SMILES string of the molecule is CCCC(CC)CBr. The number of rotatable bonds is 4. The van der Waals surface area contributed by atoms with Gasteiger partial charge in [-0.1, -0.05) is 42.6 Å². The third kappa shape index (κ3) is 3.48. The van der Waals surface area contributed by atoms with Gasteiger partial charge in [0.05, 0.1) is 0 Å². The van der Waals surface area contributed by atoms with Gasteiger partial charge in [-0.2, -0.15) is 0 Å². The number of hydrogen-bond acceptors (Lipinski definition) is 0. The fourth-order valence-corrected chi connectivity index (χ4v) is 1.58. The van der Waals surface area contributed by atoms with Crippen LogP contribution in [0.3, 0.4) is 0 Å². The standard InChI is InChI=1S/C7H15Br/c1-3-5-7(4-2)6-8/h7H,3-6H2,1-2H3. The van der Waals surface area contributed by atoms with E-state index in [0.29, 0.717) is 0 Å². The maximum Gasteiger partial charge on any atom is 0.00595 e. The maximum atomic E-state index is 3.48. The molecule has 0 aromatic carbocycles. The van der Waals surface area contributed by atoms with Crippen LogP contribution in [0.1, 0.15) is 33.1 Å². The quantitative estimate of drug-likeness (QED) is 0.581. The van der Waals surface area contributed by atoms with E-state index in [1.165, 1.54) is 24.6 Å². The summed E-state index contributed by atoms with van der Waals surface area (Å²) >= 11 is 3.48. The number of hydrogen-bond donors (Lipinski definition) is 0. The topological polar surface area (TPSA) is 0 Å². The Hall–Kier alpha value is 0.480. The Balaban J connectivity index is 3.07. The lowest BCUT2D eigenvalue weighted by Gasteiger charge is -2.07. The first-order chi connectivity index (χ1) is 3.85. The molecule has 0 aromatic heterocycles. The largest absolute Gasteiger partial charge is 0.0925 e. The summed E-state index contributed by atoms with van der Waals surface area (Å²) < 4.78 is 0. The van der Waals surface area contributed by atoms with Crippen LogP contribution < -0.4 is 0 Å². The first-order valence-electron chi connectivity index (χ1n) is 3.41. The summed E-state index contributed by atoms with van der Waals surface area (Å²) in [6.45, 7) is 4.49. The summed E-state index contributed by atoms with van der Waals surface area (Å²) in [7, 11) is 0. The average molecular weight is 179 g/mol. The van der Waals surface area contributed by atoms with Gasteiger partial charge < -0.3 is 0 Å². The first-order valence-corrected chi connectivity index (χ1v) is 4.53. The molecule has 0 amide bonds. The van der Waals surface area contributed by atoms with E-state index in [1.807, 2.05) is 0 Å². The minimum atomic E-state index is 0.917. The Kier molecular flexibility index (Phi) is 5.95. The molecular formula is C7H15Br. The molecule has 1 heteroatoms. The van der Waals surface area contributed by atoms with Crippen molar-refractivity contribution < 1.29 is 0 Å². The van der Waals surface area contributed by atoms with E-state index in [0.717, 1.165) is 5.92 Å². The Morgan fingerprint density at radius 3 is 2.12 bits per heavy atom. The highest BCUT2D eigenvalue weighted by molar-refractivity contribution is 9.09. The molecule has 0 aliphatic heterocycles. The van der Waals surface area contributed by atoms with E-state index in [9.17, 15) is 0 Å². The summed E-state index contributed by atoms with van der Waals surface area (Å²) in [5, 5.41) is 1.18. The Labute approximate surface area is 60.8 Å². The zero-order valence-electron chi connectivity index (χ0n) is 5.78. The molecule has 0 aromatic rings. The Bertz CT molecular complexity index is 39.7. The fraction of sp³-hybridized carbons (Fsp3) is 1.00. The Morgan fingerprint density at radius 1 is 1.38 bits per heavy atom. The molecular weight excluding hydrogens is 164 g/mol. The van der Waals surface area contributed by atoms with Gasteiger partial charge in [0.25, 0.3) is 0 Å². The molecule has 0 fully saturated rings. The molecule has 1 unspecified atom stereocenters. The van der Waals surface area contributed by atoms with Crippen LogP contribution in [-0.2, 0) is 0 Å². The molecule has 0 bridgehead atoms. The second-order valence-electron chi connectivity index (χ2n) is 2.22. The van der Waals surface area contributed by atoms with Gasteiger partial charge in [0, 0.05) is 5.33 Å². The normalized spacial score (nSPS) is 13.9. The highest BCUT2D eigenvalue weighted by atomic mass is 79.9. The van der Waals surface area contributed by atoms with E-state index in [4.69, 9.17) is 0 Å². The lowest BCUT2D eigenvalue weighted by molar-refractivity contribution is 0.520. The van der Waals surface area contributed by atoms with E-state index < -0.39 is 0 Å². The highest BCUT2D eigenvalue weighted by Crippen LogP contribution is 2.12. The second kappa shape index (κ2) is 5.61.